The third-order valence-electron chi connectivity index (χ3n) is 4.77. The van der Waals surface area contributed by atoms with E-state index in [1.165, 1.54) is 36.9 Å². The van der Waals surface area contributed by atoms with Gasteiger partial charge in [0, 0.05) is 27.5 Å². The third-order valence-corrected chi connectivity index (χ3v) is 6.62. The molecule has 0 spiro atoms. The molecule has 0 bridgehead atoms. The molecule has 0 aliphatic carbocycles. The van der Waals surface area contributed by atoms with E-state index in [-0.39, 0.29) is 22.0 Å². The molecule has 3 aromatic rings. The number of Topliss-reactive ketones (excluding diaryl/α,β-unsaturated/α-hetero) is 1. The molecule has 176 valence electrons. The van der Waals surface area contributed by atoms with E-state index < -0.39 is 5.82 Å². The van der Waals surface area contributed by atoms with Gasteiger partial charge in [0.1, 0.15) is 5.82 Å². The van der Waals surface area contributed by atoms with E-state index in [2.05, 4.69) is 16.0 Å². The van der Waals surface area contributed by atoms with Crippen LogP contribution in [0.1, 0.15) is 30.6 Å². The molecule has 0 radical (unpaired) electrons. The van der Waals surface area contributed by atoms with Crippen molar-refractivity contribution < 1.29 is 14.0 Å². The molecule has 0 aliphatic rings. The fraction of sp³-hybridized carbons (Fsp3) is 0.160. The number of carbonyl (C=O) groups excluding carboxylic acids is 2. The first kappa shape index (κ1) is 25.7. The van der Waals surface area contributed by atoms with Crippen LogP contribution in [0.15, 0.2) is 71.6 Å². The summed E-state index contributed by atoms with van der Waals surface area (Å²) in [6.45, 7) is 3.44. The molecular weight excluding hydrogens is 493 g/mol. The van der Waals surface area contributed by atoms with Gasteiger partial charge in [-0.1, -0.05) is 24.6 Å². The number of carbonyl (C=O) groups is 2. The van der Waals surface area contributed by atoms with E-state index >= 15 is 0 Å². The quantitative estimate of drug-likeness (QED) is 0.170. The summed E-state index contributed by atoms with van der Waals surface area (Å²) in [7, 11) is 0. The van der Waals surface area contributed by atoms with E-state index in [4.69, 9.17) is 23.8 Å². The minimum atomic E-state index is -0.536. The van der Waals surface area contributed by atoms with Crippen molar-refractivity contribution in [3.8, 4) is 0 Å². The number of hydrogen-bond donors (Lipinski definition) is 3. The Bertz CT molecular complexity index is 1210. The fourth-order valence-electron chi connectivity index (χ4n) is 3.01. The monoisotopic (exact) mass is 515 g/mol. The second-order valence-electron chi connectivity index (χ2n) is 7.37. The SMILES string of the molecule is CCC(Sc1cccc(NC(=S)Nc2ccc(C(C)=O)cc2)c1)C(=O)Nc1ccc(F)c(Cl)c1. The predicted octanol–water partition coefficient (Wildman–Crippen LogP) is 7.00. The number of rotatable bonds is 8. The Morgan fingerprint density at radius 1 is 0.971 bits per heavy atom. The van der Waals surface area contributed by atoms with Crippen LogP contribution in [0, 0.1) is 5.82 Å². The van der Waals surface area contributed by atoms with Crippen LogP contribution >= 0.6 is 35.6 Å². The highest BCUT2D eigenvalue weighted by atomic mass is 35.5. The van der Waals surface area contributed by atoms with Gasteiger partial charge in [-0.2, -0.15) is 0 Å². The highest BCUT2D eigenvalue weighted by molar-refractivity contribution is 8.00. The number of benzene rings is 3. The standard InChI is InChI=1S/C25H23ClFN3O2S2/c1-3-23(24(32)28-19-11-12-22(27)21(26)14-19)34-20-6-4-5-18(13-20)30-25(33)29-17-9-7-16(8-10-17)15(2)31/h4-14,23H,3H2,1-2H3,(H,28,32)(H2,29,30,33). The van der Waals surface area contributed by atoms with Crippen molar-refractivity contribution in [2.24, 2.45) is 0 Å². The van der Waals surface area contributed by atoms with E-state index in [9.17, 15) is 14.0 Å². The van der Waals surface area contributed by atoms with Crippen LogP contribution < -0.4 is 16.0 Å². The molecule has 1 unspecified atom stereocenters. The molecule has 1 atom stereocenters. The molecule has 0 aromatic heterocycles. The van der Waals surface area contributed by atoms with Gasteiger partial charge in [-0.15, -0.1) is 11.8 Å². The van der Waals surface area contributed by atoms with Crippen LogP contribution in [0.4, 0.5) is 21.5 Å². The number of amides is 1. The first-order valence-electron chi connectivity index (χ1n) is 10.5. The van der Waals surface area contributed by atoms with Gasteiger partial charge >= 0.3 is 0 Å². The summed E-state index contributed by atoms with van der Waals surface area (Å²) in [6, 6.07) is 18.7. The van der Waals surface area contributed by atoms with Gasteiger partial charge in [0.25, 0.3) is 0 Å². The lowest BCUT2D eigenvalue weighted by Gasteiger charge is -2.16. The molecule has 9 heteroatoms. The first-order valence-corrected chi connectivity index (χ1v) is 12.1. The van der Waals surface area contributed by atoms with E-state index in [0.717, 1.165) is 16.3 Å². The lowest BCUT2D eigenvalue weighted by Crippen LogP contribution is -2.24. The third kappa shape index (κ3) is 7.28. The average Bonchev–Trinajstić information content (AvgIpc) is 2.80. The summed E-state index contributed by atoms with van der Waals surface area (Å²) in [4.78, 5) is 25.0. The molecule has 0 fully saturated rings. The Morgan fingerprint density at radius 3 is 2.26 bits per heavy atom. The van der Waals surface area contributed by atoms with Crippen LogP contribution in [-0.2, 0) is 4.79 Å². The Hall–Kier alpha value is -2.94. The lowest BCUT2D eigenvalue weighted by molar-refractivity contribution is -0.115. The van der Waals surface area contributed by atoms with Gasteiger partial charge in [-0.25, -0.2) is 4.39 Å². The molecule has 5 nitrogen and oxygen atoms in total. The number of thioether (sulfide) groups is 1. The smallest absolute Gasteiger partial charge is 0.237 e. The van der Waals surface area contributed by atoms with Crippen molar-refractivity contribution in [2.75, 3.05) is 16.0 Å². The molecule has 0 aliphatic heterocycles. The highest BCUT2D eigenvalue weighted by Crippen LogP contribution is 2.29. The van der Waals surface area contributed by atoms with Gasteiger partial charge in [-0.05, 0) is 86.2 Å². The molecule has 0 heterocycles. The van der Waals surface area contributed by atoms with Gasteiger partial charge in [0.2, 0.25) is 5.91 Å². The fourth-order valence-corrected chi connectivity index (χ4v) is 4.44. The Morgan fingerprint density at radius 2 is 1.62 bits per heavy atom. The summed E-state index contributed by atoms with van der Waals surface area (Å²) in [5.74, 6) is -0.729. The number of ketones is 1. The molecule has 3 aromatic carbocycles. The zero-order valence-electron chi connectivity index (χ0n) is 18.5. The molecule has 1 amide bonds. The maximum atomic E-state index is 13.4. The molecule has 0 saturated heterocycles. The summed E-state index contributed by atoms with van der Waals surface area (Å²) >= 11 is 12.6. The van der Waals surface area contributed by atoms with Crippen molar-refractivity contribution in [3.63, 3.8) is 0 Å². The Labute approximate surface area is 212 Å². The number of anilines is 3. The molecular formula is C25H23ClFN3O2S2. The van der Waals surface area contributed by atoms with Crippen molar-refractivity contribution in [1.29, 1.82) is 0 Å². The zero-order valence-corrected chi connectivity index (χ0v) is 20.9. The van der Waals surface area contributed by atoms with Crippen LogP contribution in [0.2, 0.25) is 5.02 Å². The van der Waals surface area contributed by atoms with Gasteiger partial charge in [0.15, 0.2) is 10.9 Å². The van der Waals surface area contributed by atoms with Crippen LogP contribution in [0.5, 0.6) is 0 Å². The number of thiocarbonyl (C=S) groups is 1. The second kappa shape index (κ2) is 12.0. The summed E-state index contributed by atoms with van der Waals surface area (Å²) in [5.41, 5.74) is 2.60. The van der Waals surface area contributed by atoms with E-state index in [1.54, 1.807) is 24.3 Å². The van der Waals surface area contributed by atoms with E-state index in [1.807, 2.05) is 31.2 Å². The lowest BCUT2D eigenvalue weighted by atomic mass is 10.1. The van der Waals surface area contributed by atoms with Crippen LogP contribution in [0.3, 0.4) is 0 Å². The Kier molecular flexibility index (Phi) is 9.04. The molecule has 3 rings (SSSR count). The normalized spacial score (nSPS) is 11.4. The van der Waals surface area contributed by atoms with Crippen molar-refractivity contribution in [2.45, 2.75) is 30.4 Å². The summed E-state index contributed by atoms with van der Waals surface area (Å²) in [5, 5.41) is 9.00. The van der Waals surface area contributed by atoms with Crippen molar-refractivity contribution in [1.82, 2.24) is 0 Å². The Balaban J connectivity index is 1.60. The zero-order chi connectivity index (χ0) is 24.7. The van der Waals surface area contributed by atoms with Gasteiger partial charge in [-0.3, -0.25) is 9.59 Å². The highest BCUT2D eigenvalue weighted by Gasteiger charge is 2.19. The van der Waals surface area contributed by atoms with Crippen molar-refractivity contribution in [3.05, 3.63) is 83.1 Å². The largest absolute Gasteiger partial charge is 0.332 e. The van der Waals surface area contributed by atoms with Crippen LogP contribution in [-0.4, -0.2) is 22.1 Å². The molecule has 0 saturated carbocycles. The average molecular weight is 516 g/mol. The minimum absolute atomic E-state index is 0.00194. The second-order valence-corrected chi connectivity index (χ2v) is 9.46. The minimum Gasteiger partial charge on any atom is -0.332 e. The first-order chi connectivity index (χ1) is 16.2. The summed E-state index contributed by atoms with van der Waals surface area (Å²) in [6.07, 6.45) is 0.597. The number of hydrogen-bond acceptors (Lipinski definition) is 4. The molecule has 3 N–H and O–H groups in total. The topological polar surface area (TPSA) is 70.2 Å². The van der Waals surface area contributed by atoms with Crippen LogP contribution in [0.25, 0.3) is 0 Å². The maximum Gasteiger partial charge on any atom is 0.237 e. The van der Waals surface area contributed by atoms with Crippen molar-refractivity contribution >= 4 is 69.4 Å². The van der Waals surface area contributed by atoms with Gasteiger partial charge in [0.05, 0.1) is 10.3 Å². The summed E-state index contributed by atoms with van der Waals surface area (Å²) < 4.78 is 13.4. The maximum absolute atomic E-state index is 13.4. The molecule has 34 heavy (non-hydrogen) atoms. The predicted molar refractivity (Wildman–Crippen MR) is 143 cm³/mol. The van der Waals surface area contributed by atoms with E-state index in [0.29, 0.717) is 22.8 Å². The van der Waals surface area contributed by atoms with Gasteiger partial charge < -0.3 is 16.0 Å². The number of halogens is 2. The number of nitrogens with one attached hydrogen (secondary N) is 3.